The highest BCUT2D eigenvalue weighted by molar-refractivity contribution is 5.39. The third-order valence-electron chi connectivity index (χ3n) is 9.52. The predicted molar refractivity (Wildman–Crippen MR) is 138 cm³/mol. The Labute approximate surface area is 210 Å². The molecule has 0 radical (unpaired) electrons. The highest BCUT2D eigenvalue weighted by atomic mass is 19.3. The molecule has 0 aromatic heterocycles. The molecule has 0 aliphatic heterocycles. The summed E-state index contributed by atoms with van der Waals surface area (Å²) in [6, 6.07) is 0. The summed E-state index contributed by atoms with van der Waals surface area (Å²) in [5.41, 5.74) is 2.67. The molecule has 0 heterocycles. The van der Waals surface area contributed by atoms with Crippen molar-refractivity contribution in [1.82, 2.24) is 0 Å². The molecule has 0 spiro atoms. The highest BCUT2D eigenvalue weighted by Crippen LogP contribution is 2.57. The number of halogens is 2. The van der Waals surface area contributed by atoms with Crippen LogP contribution in [-0.2, 0) is 0 Å². The first-order chi connectivity index (χ1) is 16.4. The van der Waals surface area contributed by atoms with Crippen molar-refractivity contribution < 1.29 is 24.1 Å². The molecule has 5 atom stereocenters. The summed E-state index contributed by atoms with van der Waals surface area (Å²) in [7, 11) is 0. The molecule has 0 saturated heterocycles. The Morgan fingerprint density at radius 1 is 1.26 bits per heavy atom. The van der Waals surface area contributed by atoms with E-state index in [1.807, 2.05) is 0 Å². The largest absolute Gasteiger partial charge is 0.396 e. The number of hydrogen-bond donors (Lipinski definition) is 3. The summed E-state index contributed by atoms with van der Waals surface area (Å²) in [5, 5.41) is 30.3. The van der Waals surface area contributed by atoms with Gasteiger partial charge in [0.1, 0.15) is 5.60 Å². The van der Waals surface area contributed by atoms with Crippen molar-refractivity contribution in [3.8, 4) is 0 Å². The number of allylic oxidation sites excluding steroid dienone is 5. The van der Waals surface area contributed by atoms with E-state index in [0.717, 1.165) is 36.8 Å². The summed E-state index contributed by atoms with van der Waals surface area (Å²) in [4.78, 5) is 0. The molecule has 3 nitrogen and oxygen atoms in total. The van der Waals surface area contributed by atoms with Crippen LogP contribution in [0.4, 0.5) is 8.78 Å². The minimum atomic E-state index is -3.09. The van der Waals surface area contributed by atoms with Gasteiger partial charge in [-0.05, 0) is 86.2 Å². The first-order valence-electron chi connectivity index (χ1n) is 13.6. The Morgan fingerprint density at radius 2 is 1.94 bits per heavy atom. The average Bonchev–Trinajstić information content (AvgIpc) is 3.19. The van der Waals surface area contributed by atoms with E-state index in [9.17, 15) is 24.1 Å². The van der Waals surface area contributed by atoms with Gasteiger partial charge < -0.3 is 15.3 Å². The third-order valence-corrected chi connectivity index (χ3v) is 9.52. The maximum atomic E-state index is 14.9. The van der Waals surface area contributed by atoms with Gasteiger partial charge in [-0.2, -0.15) is 0 Å². The Balaban J connectivity index is 1.73. The van der Waals surface area contributed by atoms with Crippen molar-refractivity contribution in [2.75, 3.05) is 6.61 Å². The van der Waals surface area contributed by atoms with Gasteiger partial charge in [-0.1, -0.05) is 63.6 Å². The average molecular weight is 493 g/mol. The minimum Gasteiger partial charge on any atom is -0.396 e. The van der Waals surface area contributed by atoms with E-state index in [-0.39, 0.29) is 43.1 Å². The van der Waals surface area contributed by atoms with Crippen LogP contribution >= 0.6 is 0 Å². The smallest absolute Gasteiger partial charge is 0.276 e. The zero-order valence-corrected chi connectivity index (χ0v) is 22.1. The number of fused-ring (bicyclic) bond motifs is 1. The first-order valence-corrected chi connectivity index (χ1v) is 13.6. The van der Waals surface area contributed by atoms with Crippen LogP contribution in [0.3, 0.4) is 0 Å². The Morgan fingerprint density at radius 3 is 2.57 bits per heavy atom. The molecule has 3 aliphatic carbocycles. The second kappa shape index (κ2) is 11.0. The summed E-state index contributed by atoms with van der Waals surface area (Å²) in [6.45, 7) is 11.8. The third kappa shape index (κ3) is 5.52. The molecule has 0 bridgehead atoms. The minimum absolute atomic E-state index is 0.00261. The van der Waals surface area contributed by atoms with E-state index in [1.54, 1.807) is 13.8 Å². The molecule has 0 amide bonds. The van der Waals surface area contributed by atoms with Crippen LogP contribution in [0.25, 0.3) is 0 Å². The first kappa shape index (κ1) is 28.3. The van der Waals surface area contributed by atoms with Crippen molar-refractivity contribution in [2.45, 2.75) is 110 Å². The Hall–Kier alpha value is -1.30. The molecule has 2 fully saturated rings. The van der Waals surface area contributed by atoms with E-state index in [4.69, 9.17) is 0 Å². The molecular weight excluding hydrogens is 446 g/mol. The van der Waals surface area contributed by atoms with Crippen LogP contribution in [0.5, 0.6) is 0 Å². The highest BCUT2D eigenvalue weighted by Gasteiger charge is 2.51. The molecule has 3 N–H and O–H groups in total. The number of alkyl halides is 2. The molecule has 3 aliphatic rings. The normalized spacial score (nSPS) is 33.2. The summed E-state index contributed by atoms with van der Waals surface area (Å²) in [6.07, 6.45) is 11.5. The zero-order valence-electron chi connectivity index (χ0n) is 22.1. The van der Waals surface area contributed by atoms with Gasteiger partial charge in [-0.15, -0.1) is 0 Å². The van der Waals surface area contributed by atoms with Gasteiger partial charge in [0.25, 0.3) is 5.92 Å². The number of aliphatic hydroxyl groups is 3. The Kier molecular flexibility index (Phi) is 8.87. The van der Waals surface area contributed by atoms with Crippen molar-refractivity contribution >= 4 is 0 Å². The quantitative estimate of drug-likeness (QED) is 0.307. The maximum Gasteiger partial charge on any atom is 0.276 e. The van der Waals surface area contributed by atoms with Crippen molar-refractivity contribution in [3.63, 3.8) is 0 Å². The lowest BCUT2D eigenvalue weighted by molar-refractivity contribution is -0.189. The molecule has 35 heavy (non-hydrogen) atoms. The number of hydrogen-bond acceptors (Lipinski definition) is 3. The van der Waals surface area contributed by atoms with E-state index in [0.29, 0.717) is 25.2 Å². The van der Waals surface area contributed by atoms with Gasteiger partial charge in [-0.3, -0.25) is 0 Å². The van der Waals surface area contributed by atoms with Crippen LogP contribution in [-0.4, -0.2) is 39.6 Å². The van der Waals surface area contributed by atoms with Crippen molar-refractivity contribution in [1.29, 1.82) is 0 Å². The van der Waals surface area contributed by atoms with E-state index in [1.165, 1.54) is 11.1 Å². The second-order valence-corrected chi connectivity index (χ2v) is 11.5. The fourth-order valence-corrected chi connectivity index (χ4v) is 6.94. The summed E-state index contributed by atoms with van der Waals surface area (Å²) >= 11 is 0. The SMILES string of the molecule is C=C1/C(=C\C=C2/CCC[C@]3(C)C([C@H](C)CCC(F)(F)C(O)(CC)CC)=CC[C@@H]23)C[C@@H](O)C[C@@H]1CO. The van der Waals surface area contributed by atoms with Gasteiger partial charge in [0.15, 0.2) is 0 Å². The van der Waals surface area contributed by atoms with E-state index < -0.39 is 17.6 Å². The van der Waals surface area contributed by atoms with E-state index in [2.05, 4.69) is 38.7 Å². The van der Waals surface area contributed by atoms with Crippen LogP contribution in [0, 0.1) is 23.2 Å². The fraction of sp³-hybridized carbons (Fsp3) is 0.733. The van der Waals surface area contributed by atoms with Crippen molar-refractivity contribution in [3.05, 3.63) is 47.1 Å². The second-order valence-electron chi connectivity index (χ2n) is 11.5. The van der Waals surface area contributed by atoms with Crippen LogP contribution < -0.4 is 0 Å². The van der Waals surface area contributed by atoms with Gasteiger partial charge in [0.05, 0.1) is 12.7 Å². The van der Waals surface area contributed by atoms with Crippen LogP contribution in [0.2, 0.25) is 0 Å². The van der Waals surface area contributed by atoms with Gasteiger partial charge >= 0.3 is 0 Å². The molecular formula is C30H46F2O3. The number of aliphatic hydroxyl groups excluding tert-OH is 2. The molecule has 2 saturated carbocycles. The lowest BCUT2D eigenvalue weighted by atomic mass is 9.62. The predicted octanol–water partition coefficient (Wildman–Crippen LogP) is 6.90. The maximum absolute atomic E-state index is 14.9. The Bertz CT molecular complexity index is 867. The zero-order chi connectivity index (χ0) is 26.0. The summed E-state index contributed by atoms with van der Waals surface area (Å²) < 4.78 is 29.7. The topological polar surface area (TPSA) is 60.7 Å². The molecule has 0 unspecified atom stereocenters. The molecule has 198 valence electrons. The van der Waals surface area contributed by atoms with E-state index >= 15 is 0 Å². The van der Waals surface area contributed by atoms with Crippen LogP contribution in [0.1, 0.15) is 91.9 Å². The van der Waals surface area contributed by atoms with Gasteiger partial charge in [-0.25, -0.2) is 8.78 Å². The van der Waals surface area contributed by atoms with Gasteiger partial charge in [0, 0.05) is 12.3 Å². The molecule has 5 heteroatoms. The monoisotopic (exact) mass is 492 g/mol. The van der Waals surface area contributed by atoms with Gasteiger partial charge in [0.2, 0.25) is 0 Å². The molecule has 0 aromatic rings. The molecule has 3 rings (SSSR count). The van der Waals surface area contributed by atoms with Crippen LogP contribution in [0.15, 0.2) is 47.1 Å². The number of rotatable bonds is 9. The molecule has 0 aromatic carbocycles. The van der Waals surface area contributed by atoms with Crippen molar-refractivity contribution in [2.24, 2.45) is 23.2 Å². The lowest BCUT2D eigenvalue weighted by Crippen LogP contribution is -2.47. The summed E-state index contributed by atoms with van der Waals surface area (Å²) in [5.74, 6) is -2.76. The standard InChI is InChI=1S/C30H46F2O3/c1-6-29(35,7-2)30(31,32)16-14-20(3)26-12-13-27-22(9-8-15-28(26,27)5)10-11-23-17-25(34)18-24(19-33)21(23)4/h10-12,20,24-25,27,33-35H,4,6-9,13-19H2,1-3,5H3/b22-10+,23-11-/t20-,24-,25-,27+,28-/m1/s1. The lowest BCUT2D eigenvalue weighted by Gasteiger charge is -2.43. The fourth-order valence-electron chi connectivity index (χ4n) is 6.94.